The van der Waals surface area contributed by atoms with Gasteiger partial charge in [0.05, 0.1) is 22.1 Å². The van der Waals surface area contributed by atoms with E-state index in [-0.39, 0.29) is 0 Å². The minimum atomic E-state index is 0.757. The monoisotopic (exact) mass is 153 g/mol. The fourth-order valence-electron chi connectivity index (χ4n) is 1.000. The Bertz CT molecular complexity index is 328. The van der Waals surface area contributed by atoms with Gasteiger partial charge in [-0.05, 0) is 11.4 Å². The summed E-state index contributed by atoms with van der Waals surface area (Å²) in [6.07, 6.45) is 1.72. The van der Waals surface area contributed by atoms with Crippen LogP contribution >= 0.6 is 11.3 Å². The van der Waals surface area contributed by atoms with Gasteiger partial charge in [-0.15, -0.1) is 11.3 Å². The quantitative estimate of drug-likeness (QED) is 0.555. The summed E-state index contributed by atoms with van der Waals surface area (Å²) in [5, 5.41) is 1.98. The van der Waals surface area contributed by atoms with Crippen molar-refractivity contribution in [2.45, 2.75) is 0 Å². The molecule has 4 N–H and O–H groups in total. The Hall–Kier alpha value is -1.16. The first-order valence-corrected chi connectivity index (χ1v) is 3.76. The second-order valence-corrected chi connectivity index (χ2v) is 3.04. The van der Waals surface area contributed by atoms with Crippen LogP contribution in [0.5, 0.6) is 0 Å². The van der Waals surface area contributed by atoms with E-state index in [4.69, 9.17) is 11.6 Å². The Morgan fingerprint density at radius 3 is 3.00 bits per heavy atom. The summed E-state index contributed by atoms with van der Waals surface area (Å²) in [5.74, 6) is 5.56. The first kappa shape index (κ1) is 5.61. The molecule has 0 spiro atoms. The predicted octanol–water partition coefficient (Wildman–Crippen LogP) is 0.999. The van der Waals surface area contributed by atoms with E-state index in [0.717, 1.165) is 15.9 Å². The van der Waals surface area contributed by atoms with Crippen molar-refractivity contribution in [1.82, 2.24) is 4.68 Å². The molecule has 0 fully saturated rings. The second-order valence-electron chi connectivity index (χ2n) is 2.13. The number of hydrogen-bond acceptors (Lipinski definition) is 3. The first-order chi connectivity index (χ1) is 4.79. The molecule has 52 valence electrons. The fraction of sp³-hybridized carbons (Fsp3) is 0. The molecular formula is C6H7N3S. The number of nitrogens with zero attached hydrogens (tertiary/aromatic N) is 1. The highest BCUT2D eigenvalue weighted by Crippen LogP contribution is 2.26. The number of anilines is 1. The molecule has 0 aliphatic carbocycles. The molecule has 3 nitrogen and oxygen atoms in total. The molecule has 0 atom stereocenters. The summed E-state index contributed by atoms with van der Waals surface area (Å²) >= 11 is 1.61. The zero-order chi connectivity index (χ0) is 7.14. The molecule has 2 heterocycles. The smallest absolute Gasteiger partial charge is 0.0819 e. The summed E-state index contributed by atoms with van der Waals surface area (Å²) in [7, 11) is 0. The summed E-state index contributed by atoms with van der Waals surface area (Å²) in [5.41, 5.74) is 7.39. The second kappa shape index (κ2) is 1.67. The van der Waals surface area contributed by atoms with Crippen LogP contribution < -0.4 is 11.6 Å². The molecule has 0 aliphatic rings. The zero-order valence-corrected chi connectivity index (χ0v) is 6.06. The highest BCUT2D eigenvalue weighted by atomic mass is 32.1. The van der Waals surface area contributed by atoms with Crippen LogP contribution in [-0.2, 0) is 0 Å². The lowest BCUT2D eigenvalue weighted by Crippen LogP contribution is -2.04. The third-order valence-corrected chi connectivity index (χ3v) is 2.42. The van der Waals surface area contributed by atoms with Crippen LogP contribution in [0.1, 0.15) is 0 Å². The van der Waals surface area contributed by atoms with Gasteiger partial charge in [0.1, 0.15) is 0 Å². The van der Waals surface area contributed by atoms with Crippen molar-refractivity contribution in [2.24, 2.45) is 0 Å². The minimum absolute atomic E-state index is 0.757. The Balaban J connectivity index is 2.98. The van der Waals surface area contributed by atoms with E-state index in [0.29, 0.717) is 0 Å². The molecule has 0 unspecified atom stereocenters. The predicted molar refractivity (Wildman–Crippen MR) is 44.4 cm³/mol. The van der Waals surface area contributed by atoms with Crippen molar-refractivity contribution in [3.63, 3.8) is 0 Å². The van der Waals surface area contributed by atoms with E-state index in [1.807, 2.05) is 11.4 Å². The molecule has 0 radical (unpaired) electrons. The van der Waals surface area contributed by atoms with E-state index in [9.17, 15) is 0 Å². The van der Waals surface area contributed by atoms with Crippen LogP contribution in [0, 0.1) is 0 Å². The van der Waals surface area contributed by atoms with Crippen molar-refractivity contribution in [1.29, 1.82) is 0 Å². The third kappa shape index (κ3) is 0.537. The summed E-state index contributed by atoms with van der Waals surface area (Å²) < 4.78 is 2.61. The third-order valence-electron chi connectivity index (χ3n) is 1.46. The average molecular weight is 153 g/mol. The van der Waals surface area contributed by atoms with Crippen LogP contribution in [0.15, 0.2) is 17.6 Å². The summed E-state index contributed by atoms with van der Waals surface area (Å²) in [6.45, 7) is 0. The van der Waals surface area contributed by atoms with Crippen LogP contribution in [0.3, 0.4) is 0 Å². The molecule has 0 aliphatic heterocycles. The van der Waals surface area contributed by atoms with Crippen molar-refractivity contribution in [3.8, 4) is 0 Å². The average Bonchev–Trinajstić information content (AvgIpc) is 2.39. The van der Waals surface area contributed by atoms with Gasteiger partial charge in [-0.1, -0.05) is 0 Å². The number of aromatic nitrogens is 1. The molecule has 0 aromatic carbocycles. The largest absolute Gasteiger partial charge is 0.396 e. The number of fused-ring (bicyclic) bond motifs is 1. The van der Waals surface area contributed by atoms with Gasteiger partial charge in [-0.3, -0.25) is 4.68 Å². The van der Waals surface area contributed by atoms with Crippen LogP contribution in [0.25, 0.3) is 10.2 Å². The van der Waals surface area contributed by atoms with Gasteiger partial charge in [0.25, 0.3) is 0 Å². The normalized spacial score (nSPS) is 10.8. The van der Waals surface area contributed by atoms with Gasteiger partial charge in [0.15, 0.2) is 0 Å². The Labute approximate surface area is 61.8 Å². The van der Waals surface area contributed by atoms with Crippen LogP contribution in [-0.4, -0.2) is 4.68 Å². The number of nitrogens with two attached hydrogens (primary N) is 2. The maximum atomic E-state index is 5.63. The molecule has 0 saturated carbocycles. The molecule has 0 bridgehead atoms. The molecule has 0 saturated heterocycles. The Morgan fingerprint density at radius 1 is 1.50 bits per heavy atom. The first-order valence-electron chi connectivity index (χ1n) is 2.88. The van der Waals surface area contributed by atoms with Gasteiger partial charge in [-0.25, -0.2) is 0 Å². The fourth-order valence-corrected chi connectivity index (χ4v) is 1.82. The van der Waals surface area contributed by atoms with Gasteiger partial charge in [-0.2, -0.15) is 0 Å². The molecule has 4 heteroatoms. The van der Waals surface area contributed by atoms with Crippen LogP contribution in [0.4, 0.5) is 5.69 Å². The maximum Gasteiger partial charge on any atom is 0.0819 e. The van der Waals surface area contributed by atoms with Crippen molar-refractivity contribution < 1.29 is 0 Å². The number of thiophene rings is 1. The van der Waals surface area contributed by atoms with E-state index in [2.05, 4.69) is 0 Å². The molecular weight excluding hydrogens is 146 g/mol. The van der Waals surface area contributed by atoms with Crippen molar-refractivity contribution in [3.05, 3.63) is 17.6 Å². The Kier molecular flexibility index (Phi) is 0.935. The molecule has 2 aromatic rings. The van der Waals surface area contributed by atoms with Crippen molar-refractivity contribution in [2.75, 3.05) is 11.6 Å². The Morgan fingerprint density at radius 2 is 2.30 bits per heavy atom. The number of hydrogen-bond donors (Lipinski definition) is 2. The number of rotatable bonds is 0. The lowest BCUT2D eigenvalue weighted by Gasteiger charge is -1.87. The zero-order valence-electron chi connectivity index (χ0n) is 5.24. The lowest BCUT2D eigenvalue weighted by molar-refractivity contribution is 1.07. The van der Waals surface area contributed by atoms with E-state index >= 15 is 0 Å². The van der Waals surface area contributed by atoms with E-state index in [1.54, 1.807) is 22.2 Å². The molecule has 2 aromatic heterocycles. The topological polar surface area (TPSA) is 57.0 Å². The molecule has 10 heavy (non-hydrogen) atoms. The van der Waals surface area contributed by atoms with Gasteiger partial charge in [0.2, 0.25) is 0 Å². The summed E-state index contributed by atoms with van der Waals surface area (Å²) in [6, 6.07) is 1.95. The van der Waals surface area contributed by atoms with Gasteiger partial charge >= 0.3 is 0 Å². The molecule has 0 amide bonds. The van der Waals surface area contributed by atoms with E-state index in [1.165, 1.54) is 0 Å². The summed E-state index contributed by atoms with van der Waals surface area (Å²) in [4.78, 5) is 0. The van der Waals surface area contributed by atoms with Gasteiger partial charge in [0, 0.05) is 0 Å². The lowest BCUT2D eigenvalue weighted by atomic mass is 10.5. The highest BCUT2D eigenvalue weighted by molar-refractivity contribution is 7.17. The van der Waals surface area contributed by atoms with E-state index < -0.39 is 0 Å². The van der Waals surface area contributed by atoms with Gasteiger partial charge < -0.3 is 11.6 Å². The maximum absolute atomic E-state index is 5.63. The van der Waals surface area contributed by atoms with Crippen molar-refractivity contribution >= 4 is 27.2 Å². The SMILES string of the molecule is Nc1cn(N)c2ccsc12. The highest BCUT2D eigenvalue weighted by Gasteiger charge is 2.03. The number of nitrogen functional groups attached to an aromatic ring is 2. The molecule has 2 rings (SSSR count). The van der Waals surface area contributed by atoms with Crippen LogP contribution in [0.2, 0.25) is 0 Å². The minimum Gasteiger partial charge on any atom is -0.396 e. The standard InChI is InChI=1S/C6H7N3S/c7-4-3-9(8)5-1-2-10-6(4)5/h1-3H,7-8H2.